The number of nitrogens with zero attached hydrogens (tertiary/aromatic N) is 1. The molecular formula is C19H29FN4O. The summed E-state index contributed by atoms with van der Waals surface area (Å²) in [5.41, 5.74) is 0.627. The average molecular weight is 348 g/mol. The minimum Gasteiger partial charge on any atom is -0.356 e. The van der Waals surface area contributed by atoms with Crippen LogP contribution < -0.4 is 16.0 Å². The Kier molecular flexibility index (Phi) is 6.79. The van der Waals surface area contributed by atoms with E-state index in [-0.39, 0.29) is 23.2 Å². The second kappa shape index (κ2) is 8.83. The number of halogens is 1. The van der Waals surface area contributed by atoms with Crippen LogP contribution in [0.25, 0.3) is 0 Å². The Labute approximate surface area is 149 Å². The molecule has 1 aromatic carbocycles. The van der Waals surface area contributed by atoms with Crippen molar-refractivity contribution in [1.82, 2.24) is 16.0 Å². The van der Waals surface area contributed by atoms with Crippen LogP contribution in [0.15, 0.2) is 29.3 Å². The topological polar surface area (TPSA) is 65.5 Å². The quantitative estimate of drug-likeness (QED) is 0.499. The van der Waals surface area contributed by atoms with E-state index in [1.807, 2.05) is 26.0 Å². The SMILES string of the molecule is CCC(C)NC(=O)CCNC(=NC)NCC1(c2ccccc2F)CC1. The molecule has 25 heavy (non-hydrogen) atoms. The average Bonchev–Trinajstić information content (AvgIpc) is 3.39. The maximum Gasteiger partial charge on any atom is 0.221 e. The third-order valence-electron chi connectivity index (χ3n) is 4.78. The molecule has 1 amide bonds. The normalized spacial score (nSPS) is 16.9. The van der Waals surface area contributed by atoms with E-state index in [0.29, 0.717) is 25.5 Å². The van der Waals surface area contributed by atoms with Gasteiger partial charge in [-0.3, -0.25) is 9.79 Å². The first-order valence-electron chi connectivity index (χ1n) is 8.99. The Balaban J connectivity index is 1.78. The summed E-state index contributed by atoms with van der Waals surface area (Å²) in [6.07, 6.45) is 3.24. The molecule has 1 aliphatic rings. The van der Waals surface area contributed by atoms with Crippen LogP contribution in [0.1, 0.15) is 45.1 Å². The van der Waals surface area contributed by atoms with Crippen LogP contribution >= 0.6 is 0 Å². The molecular weight excluding hydrogens is 319 g/mol. The number of benzene rings is 1. The lowest BCUT2D eigenvalue weighted by Crippen LogP contribution is -2.43. The van der Waals surface area contributed by atoms with Gasteiger partial charge in [-0.25, -0.2) is 4.39 Å². The highest BCUT2D eigenvalue weighted by Crippen LogP contribution is 2.48. The second-order valence-electron chi connectivity index (χ2n) is 6.74. The van der Waals surface area contributed by atoms with Gasteiger partial charge in [-0.15, -0.1) is 0 Å². The number of rotatable bonds is 8. The fourth-order valence-corrected chi connectivity index (χ4v) is 2.80. The van der Waals surface area contributed by atoms with Crippen LogP contribution in [-0.2, 0) is 10.2 Å². The third-order valence-corrected chi connectivity index (χ3v) is 4.78. The lowest BCUT2D eigenvalue weighted by molar-refractivity contribution is -0.121. The number of aliphatic imine (C=N–C) groups is 1. The van der Waals surface area contributed by atoms with Crippen molar-refractivity contribution in [1.29, 1.82) is 0 Å². The summed E-state index contributed by atoms with van der Waals surface area (Å²) >= 11 is 0. The summed E-state index contributed by atoms with van der Waals surface area (Å²) in [4.78, 5) is 16.0. The lowest BCUT2D eigenvalue weighted by Gasteiger charge is -2.19. The zero-order chi connectivity index (χ0) is 18.3. The lowest BCUT2D eigenvalue weighted by atomic mass is 9.95. The smallest absolute Gasteiger partial charge is 0.221 e. The predicted octanol–water partition coefficient (Wildman–Crippen LogP) is 2.33. The van der Waals surface area contributed by atoms with Gasteiger partial charge in [-0.2, -0.15) is 0 Å². The van der Waals surface area contributed by atoms with Gasteiger partial charge in [0, 0.05) is 38.0 Å². The first-order chi connectivity index (χ1) is 12.0. The van der Waals surface area contributed by atoms with Crippen LogP contribution in [0.4, 0.5) is 4.39 Å². The molecule has 0 aromatic heterocycles. The molecule has 2 rings (SSSR count). The largest absolute Gasteiger partial charge is 0.356 e. The highest BCUT2D eigenvalue weighted by molar-refractivity contribution is 5.81. The van der Waals surface area contributed by atoms with Crippen LogP contribution in [0.2, 0.25) is 0 Å². The molecule has 0 heterocycles. The molecule has 6 heteroatoms. The number of carbonyl (C=O) groups is 1. The van der Waals surface area contributed by atoms with Gasteiger partial charge >= 0.3 is 0 Å². The van der Waals surface area contributed by atoms with Gasteiger partial charge < -0.3 is 16.0 Å². The number of carbonyl (C=O) groups excluding carboxylic acids is 1. The summed E-state index contributed by atoms with van der Waals surface area (Å²) in [6, 6.07) is 7.16. The van der Waals surface area contributed by atoms with E-state index in [4.69, 9.17) is 0 Å². The number of guanidine groups is 1. The molecule has 1 fully saturated rings. The van der Waals surface area contributed by atoms with Crippen LogP contribution in [-0.4, -0.2) is 38.0 Å². The summed E-state index contributed by atoms with van der Waals surface area (Å²) in [7, 11) is 1.69. The second-order valence-corrected chi connectivity index (χ2v) is 6.74. The van der Waals surface area contributed by atoms with Crippen molar-refractivity contribution in [2.24, 2.45) is 4.99 Å². The standard InChI is InChI=1S/C19H29FN4O/c1-4-14(2)24-17(25)9-12-22-18(21-3)23-13-19(10-11-19)15-7-5-6-8-16(15)20/h5-8,14H,4,9-13H2,1-3H3,(H,24,25)(H2,21,22,23). The van der Waals surface area contributed by atoms with Crippen molar-refractivity contribution in [3.8, 4) is 0 Å². The van der Waals surface area contributed by atoms with Crippen LogP contribution in [0, 0.1) is 5.82 Å². The molecule has 0 saturated heterocycles. The molecule has 1 unspecified atom stereocenters. The fraction of sp³-hybridized carbons (Fsp3) is 0.579. The molecule has 0 bridgehead atoms. The monoisotopic (exact) mass is 348 g/mol. The highest BCUT2D eigenvalue weighted by Gasteiger charge is 2.45. The number of hydrogen-bond acceptors (Lipinski definition) is 2. The van der Waals surface area contributed by atoms with Crippen molar-refractivity contribution in [2.75, 3.05) is 20.1 Å². The zero-order valence-corrected chi connectivity index (χ0v) is 15.4. The molecule has 138 valence electrons. The molecule has 1 aliphatic carbocycles. The summed E-state index contributed by atoms with van der Waals surface area (Å²) < 4.78 is 14.0. The molecule has 3 N–H and O–H groups in total. The van der Waals surface area contributed by atoms with Gasteiger partial charge in [-0.05, 0) is 37.8 Å². The van der Waals surface area contributed by atoms with Gasteiger partial charge in [0.15, 0.2) is 5.96 Å². The number of hydrogen-bond donors (Lipinski definition) is 3. The van der Waals surface area contributed by atoms with Crippen molar-refractivity contribution in [3.63, 3.8) is 0 Å². The molecule has 1 aromatic rings. The van der Waals surface area contributed by atoms with Crippen molar-refractivity contribution >= 4 is 11.9 Å². The van der Waals surface area contributed by atoms with Crippen molar-refractivity contribution in [2.45, 2.75) is 51.0 Å². The Bertz CT molecular complexity index is 613. The highest BCUT2D eigenvalue weighted by atomic mass is 19.1. The van der Waals surface area contributed by atoms with E-state index in [2.05, 4.69) is 20.9 Å². The van der Waals surface area contributed by atoms with E-state index in [9.17, 15) is 9.18 Å². The minimum absolute atomic E-state index is 0.0299. The molecule has 1 saturated carbocycles. The van der Waals surface area contributed by atoms with E-state index < -0.39 is 0 Å². The Morgan fingerprint density at radius 3 is 2.64 bits per heavy atom. The maximum absolute atomic E-state index is 14.0. The van der Waals surface area contributed by atoms with E-state index in [1.165, 1.54) is 6.07 Å². The van der Waals surface area contributed by atoms with Gasteiger partial charge in [0.1, 0.15) is 5.82 Å². The Hall–Kier alpha value is -2.11. The van der Waals surface area contributed by atoms with Gasteiger partial charge in [0.2, 0.25) is 5.91 Å². The first-order valence-corrected chi connectivity index (χ1v) is 8.99. The number of amides is 1. The fourth-order valence-electron chi connectivity index (χ4n) is 2.80. The molecule has 5 nitrogen and oxygen atoms in total. The summed E-state index contributed by atoms with van der Waals surface area (Å²) in [5, 5.41) is 9.34. The summed E-state index contributed by atoms with van der Waals surface area (Å²) in [5.74, 6) is 0.521. The minimum atomic E-state index is -0.147. The number of nitrogens with one attached hydrogen (secondary N) is 3. The molecule has 0 radical (unpaired) electrons. The molecule has 0 spiro atoms. The van der Waals surface area contributed by atoms with Crippen molar-refractivity contribution in [3.05, 3.63) is 35.6 Å². The van der Waals surface area contributed by atoms with Crippen LogP contribution in [0.5, 0.6) is 0 Å². The van der Waals surface area contributed by atoms with Gasteiger partial charge in [0.25, 0.3) is 0 Å². The Morgan fingerprint density at radius 1 is 1.32 bits per heavy atom. The van der Waals surface area contributed by atoms with Crippen molar-refractivity contribution < 1.29 is 9.18 Å². The molecule has 1 atom stereocenters. The predicted molar refractivity (Wildman–Crippen MR) is 99.2 cm³/mol. The van der Waals surface area contributed by atoms with Crippen LogP contribution in [0.3, 0.4) is 0 Å². The van der Waals surface area contributed by atoms with E-state index in [0.717, 1.165) is 24.8 Å². The van der Waals surface area contributed by atoms with Gasteiger partial charge in [0.05, 0.1) is 0 Å². The Morgan fingerprint density at radius 2 is 2.04 bits per heavy atom. The summed E-state index contributed by atoms with van der Waals surface area (Å²) in [6.45, 7) is 5.17. The molecule has 0 aliphatic heterocycles. The first kappa shape index (κ1) is 19.2. The third kappa shape index (κ3) is 5.44. The maximum atomic E-state index is 14.0. The van der Waals surface area contributed by atoms with E-state index >= 15 is 0 Å². The van der Waals surface area contributed by atoms with E-state index in [1.54, 1.807) is 13.1 Å². The van der Waals surface area contributed by atoms with Gasteiger partial charge in [-0.1, -0.05) is 25.1 Å². The zero-order valence-electron chi connectivity index (χ0n) is 15.4.